The van der Waals surface area contributed by atoms with Crippen LogP contribution in [0, 0.1) is 11.8 Å². The Balaban J connectivity index is 1.91. The highest BCUT2D eigenvalue weighted by Gasteiger charge is 2.43. The molecule has 0 heterocycles. The summed E-state index contributed by atoms with van der Waals surface area (Å²) in [5.41, 5.74) is 6.23. The van der Waals surface area contributed by atoms with Crippen molar-refractivity contribution in [2.45, 2.75) is 36.6 Å². The Kier molecular flexibility index (Phi) is 3.90. The van der Waals surface area contributed by atoms with Gasteiger partial charge in [0.15, 0.2) is 0 Å². The third-order valence-corrected chi connectivity index (χ3v) is 7.18. The second-order valence-electron chi connectivity index (χ2n) is 5.64. The van der Waals surface area contributed by atoms with Crippen molar-refractivity contribution in [1.29, 1.82) is 0 Å². The smallest absolute Gasteiger partial charge is 0.243 e. The number of nitrogens with two attached hydrogens (primary N) is 1. The molecule has 4 nitrogen and oxygen atoms in total. The highest BCUT2D eigenvalue weighted by Crippen LogP contribution is 2.45. The van der Waals surface area contributed by atoms with E-state index >= 15 is 0 Å². The first-order valence-corrected chi connectivity index (χ1v) is 9.72. The van der Waals surface area contributed by atoms with Crippen LogP contribution in [0.4, 0.5) is 5.69 Å². The Bertz CT molecular complexity index is 605. The van der Waals surface area contributed by atoms with Crippen LogP contribution in [0.25, 0.3) is 0 Å². The van der Waals surface area contributed by atoms with Crippen LogP contribution in [0.2, 0.25) is 0 Å². The first kappa shape index (κ1) is 14.8. The maximum Gasteiger partial charge on any atom is 0.243 e. The van der Waals surface area contributed by atoms with Crippen LogP contribution in [0.3, 0.4) is 0 Å². The first-order valence-electron chi connectivity index (χ1n) is 6.65. The predicted octanol–water partition coefficient (Wildman–Crippen LogP) is 3.26. The van der Waals surface area contributed by atoms with E-state index in [2.05, 4.69) is 36.6 Å². The minimum absolute atomic E-state index is 0.0938. The fraction of sp³-hybridized carbons (Fsp3) is 0.538. The normalized spacial score (nSPS) is 19.6. The van der Waals surface area contributed by atoms with Crippen LogP contribution in [0.5, 0.6) is 0 Å². The number of anilines is 1. The average molecular weight is 424 g/mol. The molecule has 0 unspecified atom stereocenters. The van der Waals surface area contributed by atoms with E-state index in [0.717, 1.165) is 25.7 Å². The summed E-state index contributed by atoms with van der Waals surface area (Å²) < 4.78 is 29.2. The molecule has 0 amide bonds. The second kappa shape index (κ2) is 5.26. The lowest BCUT2D eigenvalue weighted by Crippen LogP contribution is -2.38. The number of nitrogen functional groups attached to an aromatic ring is 1. The van der Waals surface area contributed by atoms with Crippen LogP contribution < -0.4 is 10.5 Å². The zero-order chi connectivity index (χ0) is 14.5. The standard InChI is InChI=1S/C13H16Br2N2O2S/c14-10-5-9(16)6-11(15)13(10)20(18,19)17-12(7-1-2-7)8-3-4-8/h5-8,12,17H,1-4,16H2. The molecule has 2 aliphatic carbocycles. The molecule has 2 saturated carbocycles. The summed E-state index contributed by atoms with van der Waals surface area (Å²) in [6.45, 7) is 0. The third kappa shape index (κ3) is 3.05. The minimum atomic E-state index is -3.55. The van der Waals surface area contributed by atoms with Gasteiger partial charge in [0, 0.05) is 20.7 Å². The topological polar surface area (TPSA) is 72.2 Å². The Morgan fingerprint density at radius 1 is 1.10 bits per heavy atom. The molecule has 0 radical (unpaired) electrons. The van der Waals surface area contributed by atoms with Crippen molar-refractivity contribution in [2.24, 2.45) is 11.8 Å². The molecule has 7 heteroatoms. The first-order chi connectivity index (χ1) is 9.38. The third-order valence-electron chi connectivity index (χ3n) is 3.84. The molecule has 0 spiro atoms. The van der Waals surface area contributed by atoms with Crippen LogP contribution in [-0.4, -0.2) is 14.5 Å². The molecule has 20 heavy (non-hydrogen) atoms. The van der Waals surface area contributed by atoms with Crippen molar-refractivity contribution >= 4 is 47.6 Å². The van der Waals surface area contributed by atoms with E-state index < -0.39 is 10.0 Å². The number of benzene rings is 1. The van der Waals surface area contributed by atoms with Gasteiger partial charge in [-0.15, -0.1) is 0 Å². The van der Waals surface area contributed by atoms with Gasteiger partial charge in [0.05, 0.1) is 0 Å². The summed E-state index contributed by atoms with van der Waals surface area (Å²) in [6.07, 6.45) is 4.53. The monoisotopic (exact) mass is 422 g/mol. The molecule has 1 aromatic rings. The molecule has 1 aromatic carbocycles. The number of nitrogens with one attached hydrogen (secondary N) is 1. The number of sulfonamides is 1. The van der Waals surface area contributed by atoms with Crippen molar-refractivity contribution in [1.82, 2.24) is 4.72 Å². The predicted molar refractivity (Wildman–Crippen MR) is 85.8 cm³/mol. The lowest BCUT2D eigenvalue weighted by molar-refractivity contribution is 0.471. The summed E-state index contributed by atoms with van der Waals surface area (Å²) in [5, 5.41) is 0. The van der Waals surface area contributed by atoms with Crippen LogP contribution >= 0.6 is 31.9 Å². The lowest BCUT2D eigenvalue weighted by Gasteiger charge is -2.19. The molecule has 2 fully saturated rings. The summed E-state index contributed by atoms with van der Waals surface area (Å²) in [7, 11) is -3.55. The quantitative estimate of drug-likeness (QED) is 0.714. The van der Waals surface area contributed by atoms with Crippen molar-refractivity contribution in [3.8, 4) is 0 Å². The summed E-state index contributed by atoms with van der Waals surface area (Å²) in [5.74, 6) is 1.03. The van der Waals surface area contributed by atoms with Crippen LogP contribution in [0.15, 0.2) is 26.0 Å². The Labute approximate surface area is 135 Å². The average Bonchev–Trinajstić information content (AvgIpc) is 3.18. The van der Waals surface area contributed by atoms with Crippen molar-refractivity contribution in [2.75, 3.05) is 5.73 Å². The van der Waals surface area contributed by atoms with E-state index in [-0.39, 0.29) is 10.9 Å². The van der Waals surface area contributed by atoms with Gasteiger partial charge >= 0.3 is 0 Å². The van der Waals surface area contributed by atoms with Gasteiger partial charge in [0.2, 0.25) is 10.0 Å². The van der Waals surface area contributed by atoms with E-state index in [1.807, 2.05) is 0 Å². The van der Waals surface area contributed by atoms with Gasteiger partial charge in [-0.3, -0.25) is 0 Å². The van der Waals surface area contributed by atoms with Gasteiger partial charge in [0.25, 0.3) is 0 Å². The Morgan fingerprint density at radius 3 is 1.95 bits per heavy atom. The summed E-state index contributed by atoms with van der Waals surface area (Å²) in [6, 6.07) is 3.32. The van der Waals surface area contributed by atoms with Gasteiger partial charge in [-0.05, 0) is 81.5 Å². The lowest BCUT2D eigenvalue weighted by atomic mass is 10.1. The largest absolute Gasteiger partial charge is 0.399 e. The van der Waals surface area contributed by atoms with Gasteiger partial charge in [0.1, 0.15) is 4.90 Å². The van der Waals surface area contributed by atoms with E-state index in [1.54, 1.807) is 12.1 Å². The molecule has 0 bridgehead atoms. The van der Waals surface area contributed by atoms with Crippen LogP contribution in [0.1, 0.15) is 25.7 Å². The maximum absolute atomic E-state index is 12.6. The van der Waals surface area contributed by atoms with E-state index in [4.69, 9.17) is 5.73 Å². The molecule has 0 aliphatic heterocycles. The number of hydrogen-bond acceptors (Lipinski definition) is 3. The number of hydrogen-bond donors (Lipinski definition) is 2. The fourth-order valence-electron chi connectivity index (χ4n) is 2.56. The zero-order valence-electron chi connectivity index (χ0n) is 10.8. The molecular weight excluding hydrogens is 408 g/mol. The number of rotatable bonds is 5. The minimum Gasteiger partial charge on any atom is -0.399 e. The summed E-state index contributed by atoms with van der Waals surface area (Å²) in [4.78, 5) is 0.234. The zero-order valence-corrected chi connectivity index (χ0v) is 14.8. The van der Waals surface area contributed by atoms with E-state index in [0.29, 0.717) is 26.5 Å². The number of halogens is 2. The Morgan fingerprint density at radius 2 is 1.55 bits per heavy atom. The molecule has 3 rings (SSSR count). The van der Waals surface area contributed by atoms with Crippen molar-refractivity contribution in [3.63, 3.8) is 0 Å². The molecule has 2 aliphatic rings. The molecule has 110 valence electrons. The van der Waals surface area contributed by atoms with Crippen molar-refractivity contribution < 1.29 is 8.42 Å². The highest BCUT2D eigenvalue weighted by molar-refractivity contribution is 9.11. The fourth-order valence-corrected chi connectivity index (χ4v) is 6.56. The van der Waals surface area contributed by atoms with Crippen LogP contribution in [-0.2, 0) is 10.0 Å². The SMILES string of the molecule is Nc1cc(Br)c(S(=O)(=O)NC(C2CC2)C2CC2)c(Br)c1. The van der Waals surface area contributed by atoms with Crippen molar-refractivity contribution in [3.05, 3.63) is 21.1 Å². The molecule has 3 N–H and O–H groups in total. The van der Waals surface area contributed by atoms with E-state index in [9.17, 15) is 8.42 Å². The molecular formula is C13H16Br2N2O2S. The Hall–Kier alpha value is -0.110. The van der Waals surface area contributed by atoms with Gasteiger partial charge in [-0.1, -0.05) is 0 Å². The second-order valence-corrected chi connectivity index (χ2v) is 9.00. The molecule has 0 atom stereocenters. The van der Waals surface area contributed by atoms with Gasteiger partial charge < -0.3 is 5.73 Å². The van der Waals surface area contributed by atoms with Gasteiger partial charge in [-0.25, -0.2) is 13.1 Å². The molecule has 0 saturated heterocycles. The van der Waals surface area contributed by atoms with Gasteiger partial charge in [-0.2, -0.15) is 0 Å². The molecule has 0 aromatic heterocycles. The maximum atomic E-state index is 12.6. The summed E-state index contributed by atoms with van der Waals surface area (Å²) >= 11 is 6.60. The van der Waals surface area contributed by atoms with E-state index in [1.165, 1.54) is 0 Å². The highest BCUT2D eigenvalue weighted by atomic mass is 79.9.